The minimum atomic E-state index is -4.23. The number of aliphatic hydroxyl groups is 1. The van der Waals surface area contributed by atoms with Crippen molar-refractivity contribution in [3.63, 3.8) is 0 Å². The maximum Gasteiger partial charge on any atom is 0.532 e. The van der Waals surface area contributed by atoms with E-state index in [0.29, 0.717) is 0 Å². The zero-order valence-electron chi connectivity index (χ0n) is 6.91. The molecule has 0 heterocycles. The fourth-order valence-corrected chi connectivity index (χ4v) is 0.829. The first kappa shape index (κ1) is 10.4. The van der Waals surface area contributed by atoms with Crippen LogP contribution in [-0.2, 0) is 0 Å². The first-order chi connectivity index (χ1) is 6.38. The van der Waals surface area contributed by atoms with Gasteiger partial charge in [0.2, 0.25) is 5.91 Å². The molecule has 0 atom stereocenters. The van der Waals surface area contributed by atoms with Crippen LogP contribution in [0.4, 0.5) is 8.78 Å². The summed E-state index contributed by atoms with van der Waals surface area (Å²) in [6, 6.07) is 4.63. The Labute approximate surface area is 77.9 Å². The lowest BCUT2D eigenvalue weighted by Crippen LogP contribution is -2.23. The van der Waals surface area contributed by atoms with Gasteiger partial charge in [-0.3, -0.25) is 4.79 Å². The Balaban J connectivity index is 2.79. The van der Waals surface area contributed by atoms with Gasteiger partial charge in [-0.2, -0.15) is 0 Å². The fraction of sp³-hybridized carbons (Fsp3) is 0.125. The minimum Gasteiger partial charge on any atom is -0.410 e. The lowest BCUT2D eigenvalue weighted by molar-refractivity contribution is -0.327. The highest BCUT2D eigenvalue weighted by atomic mass is 19.3. The van der Waals surface area contributed by atoms with Gasteiger partial charge in [0.15, 0.2) is 0 Å². The normalized spacial score (nSPS) is 11.1. The summed E-state index contributed by atoms with van der Waals surface area (Å²) in [7, 11) is 0. The Morgan fingerprint density at radius 2 is 1.86 bits per heavy atom. The third kappa shape index (κ3) is 2.98. The van der Waals surface area contributed by atoms with Crippen LogP contribution >= 0.6 is 0 Å². The van der Waals surface area contributed by atoms with E-state index in [1.807, 2.05) is 0 Å². The Hall–Kier alpha value is -1.69. The van der Waals surface area contributed by atoms with Gasteiger partial charge in [-0.25, -0.2) is 0 Å². The summed E-state index contributed by atoms with van der Waals surface area (Å²) in [5.41, 5.74) is 5.08. The molecule has 0 bridgehead atoms. The van der Waals surface area contributed by atoms with Crippen LogP contribution < -0.4 is 10.5 Å². The van der Waals surface area contributed by atoms with Crippen LogP contribution in [0, 0.1) is 0 Å². The molecule has 0 aliphatic heterocycles. The Kier molecular flexibility index (Phi) is 2.66. The molecule has 1 aromatic rings. The number of halogens is 2. The smallest absolute Gasteiger partial charge is 0.410 e. The summed E-state index contributed by atoms with van der Waals surface area (Å²) in [4.78, 5) is 10.6. The molecule has 0 saturated carbocycles. The van der Waals surface area contributed by atoms with Gasteiger partial charge in [-0.15, -0.1) is 8.78 Å². The first-order valence-corrected chi connectivity index (χ1v) is 3.57. The van der Waals surface area contributed by atoms with E-state index in [-0.39, 0.29) is 11.3 Å². The number of nitrogens with two attached hydrogens (primary N) is 1. The van der Waals surface area contributed by atoms with Crippen molar-refractivity contribution in [1.82, 2.24) is 0 Å². The summed E-state index contributed by atoms with van der Waals surface area (Å²) >= 11 is 0. The van der Waals surface area contributed by atoms with Crippen LogP contribution in [0.2, 0.25) is 0 Å². The summed E-state index contributed by atoms with van der Waals surface area (Å²) in [6.07, 6.45) is -4.23. The molecule has 0 saturated heterocycles. The number of carbonyl (C=O) groups excluding carboxylic acids is 1. The number of rotatable bonds is 3. The highest BCUT2D eigenvalue weighted by Gasteiger charge is 2.27. The van der Waals surface area contributed by atoms with Crippen LogP contribution in [0.3, 0.4) is 0 Å². The van der Waals surface area contributed by atoms with E-state index in [4.69, 9.17) is 10.8 Å². The maximum atomic E-state index is 11.9. The number of amides is 1. The molecule has 0 aliphatic rings. The van der Waals surface area contributed by atoms with Crippen LogP contribution in [0.5, 0.6) is 5.75 Å². The fourth-order valence-electron chi connectivity index (χ4n) is 0.829. The van der Waals surface area contributed by atoms with E-state index in [9.17, 15) is 13.6 Å². The van der Waals surface area contributed by atoms with E-state index in [1.165, 1.54) is 12.1 Å². The molecule has 76 valence electrons. The van der Waals surface area contributed by atoms with E-state index < -0.39 is 12.2 Å². The number of ether oxygens (including phenoxy) is 1. The number of hydrogen-bond acceptors (Lipinski definition) is 3. The second-order valence-electron chi connectivity index (χ2n) is 2.48. The van der Waals surface area contributed by atoms with E-state index in [0.717, 1.165) is 12.1 Å². The van der Waals surface area contributed by atoms with Gasteiger partial charge < -0.3 is 15.6 Å². The molecule has 4 nitrogen and oxygen atoms in total. The van der Waals surface area contributed by atoms with Crippen LogP contribution in [0.1, 0.15) is 10.4 Å². The van der Waals surface area contributed by atoms with Crippen LogP contribution in [0.25, 0.3) is 0 Å². The van der Waals surface area contributed by atoms with Gasteiger partial charge in [-0.1, -0.05) is 0 Å². The molecule has 1 aromatic carbocycles. The lowest BCUT2D eigenvalue weighted by Gasteiger charge is -2.10. The quantitative estimate of drug-likeness (QED) is 0.710. The number of hydrogen-bond donors (Lipinski definition) is 2. The van der Waals surface area contributed by atoms with Crippen LogP contribution in [-0.4, -0.2) is 17.3 Å². The summed E-state index contributed by atoms with van der Waals surface area (Å²) < 4.78 is 27.6. The van der Waals surface area contributed by atoms with Crippen molar-refractivity contribution in [3.8, 4) is 5.75 Å². The molecule has 0 spiro atoms. The van der Waals surface area contributed by atoms with Crippen molar-refractivity contribution in [2.45, 2.75) is 6.29 Å². The second kappa shape index (κ2) is 3.59. The molecule has 0 radical (unpaired) electrons. The van der Waals surface area contributed by atoms with E-state index >= 15 is 0 Å². The molecule has 1 rings (SSSR count). The zero-order chi connectivity index (χ0) is 10.8. The highest BCUT2D eigenvalue weighted by molar-refractivity contribution is 5.92. The average molecular weight is 203 g/mol. The monoisotopic (exact) mass is 203 g/mol. The van der Waals surface area contributed by atoms with E-state index in [2.05, 4.69) is 4.74 Å². The van der Waals surface area contributed by atoms with Gasteiger partial charge in [0.05, 0.1) is 0 Å². The Bertz CT molecular complexity index is 331. The summed E-state index contributed by atoms with van der Waals surface area (Å²) in [6.45, 7) is 0. The predicted octanol–water partition coefficient (Wildman–Crippen LogP) is 0.707. The highest BCUT2D eigenvalue weighted by Crippen LogP contribution is 2.19. The number of carbonyl (C=O) groups is 1. The van der Waals surface area contributed by atoms with Gasteiger partial charge in [0.25, 0.3) is 0 Å². The first-order valence-electron chi connectivity index (χ1n) is 3.57. The van der Waals surface area contributed by atoms with Crippen molar-refractivity contribution in [2.24, 2.45) is 5.73 Å². The summed E-state index contributed by atoms with van der Waals surface area (Å²) in [5.74, 6) is -0.935. The third-order valence-electron chi connectivity index (χ3n) is 1.38. The standard InChI is InChI=1S/C8H7F2NO3/c9-8(10,13)14-6-3-1-5(2-4-6)7(11)12/h1-4,13H,(H2,11,12). The average Bonchev–Trinajstić information content (AvgIpc) is 2.02. The van der Waals surface area contributed by atoms with E-state index in [1.54, 1.807) is 0 Å². The largest absolute Gasteiger partial charge is 0.532 e. The number of benzene rings is 1. The molecular weight excluding hydrogens is 196 g/mol. The van der Waals surface area contributed by atoms with Crippen molar-refractivity contribution < 1.29 is 23.4 Å². The molecule has 0 fully saturated rings. The Morgan fingerprint density at radius 3 is 2.21 bits per heavy atom. The third-order valence-corrected chi connectivity index (χ3v) is 1.38. The SMILES string of the molecule is NC(=O)c1ccc(OC(O)(F)F)cc1. The molecule has 1 amide bonds. The second-order valence-corrected chi connectivity index (χ2v) is 2.48. The van der Waals surface area contributed by atoms with Crippen LogP contribution in [0.15, 0.2) is 24.3 Å². The van der Waals surface area contributed by atoms with Crippen molar-refractivity contribution in [1.29, 1.82) is 0 Å². The van der Waals surface area contributed by atoms with Gasteiger partial charge in [0.1, 0.15) is 5.75 Å². The zero-order valence-corrected chi connectivity index (χ0v) is 6.91. The summed E-state index contributed by atoms with van der Waals surface area (Å²) in [5, 5.41) is 8.00. The van der Waals surface area contributed by atoms with Gasteiger partial charge in [0, 0.05) is 5.56 Å². The number of alkyl halides is 2. The molecule has 6 heteroatoms. The number of primary amides is 1. The van der Waals surface area contributed by atoms with Crippen molar-refractivity contribution >= 4 is 5.91 Å². The van der Waals surface area contributed by atoms with Gasteiger partial charge >= 0.3 is 6.29 Å². The minimum absolute atomic E-state index is 0.165. The maximum absolute atomic E-state index is 11.9. The molecule has 0 unspecified atom stereocenters. The topological polar surface area (TPSA) is 72.6 Å². The lowest BCUT2D eigenvalue weighted by atomic mass is 10.2. The molecule has 3 N–H and O–H groups in total. The molecule has 0 aromatic heterocycles. The predicted molar refractivity (Wildman–Crippen MR) is 42.8 cm³/mol. The van der Waals surface area contributed by atoms with Crippen molar-refractivity contribution in [2.75, 3.05) is 0 Å². The van der Waals surface area contributed by atoms with Gasteiger partial charge in [-0.05, 0) is 24.3 Å². The van der Waals surface area contributed by atoms with Crippen molar-refractivity contribution in [3.05, 3.63) is 29.8 Å². The molecule has 0 aliphatic carbocycles. The Morgan fingerprint density at radius 1 is 1.36 bits per heavy atom. The molecular formula is C8H7F2NO3. The molecule has 14 heavy (non-hydrogen) atoms.